The standard InChI is InChI=1S/C22H24N2O6S/c1-6-10-29-21(27)18-12(3)23-22-24(20(26)13(4)31-22)19(18)15-8-9-16(30-14(5)25)17(11-15)28-7-2/h6,8-9,11,13,19H,1,7,10H2,2-5H3. The third-order valence-corrected chi connectivity index (χ3v) is 5.70. The molecule has 8 nitrogen and oxygen atoms in total. The normalized spacial score (nSPS) is 20.2. The summed E-state index contributed by atoms with van der Waals surface area (Å²) >= 11 is 1.34. The minimum atomic E-state index is -0.750. The van der Waals surface area contributed by atoms with E-state index in [0.717, 1.165) is 0 Å². The maximum Gasteiger partial charge on any atom is 0.338 e. The summed E-state index contributed by atoms with van der Waals surface area (Å²) in [4.78, 5) is 43.3. The molecule has 31 heavy (non-hydrogen) atoms. The third-order valence-electron chi connectivity index (χ3n) is 4.65. The highest BCUT2D eigenvalue weighted by molar-refractivity contribution is 8.15. The van der Waals surface area contributed by atoms with E-state index in [9.17, 15) is 14.4 Å². The smallest absolute Gasteiger partial charge is 0.338 e. The fourth-order valence-electron chi connectivity index (χ4n) is 3.39. The lowest BCUT2D eigenvalue weighted by atomic mass is 9.94. The van der Waals surface area contributed by atoms with Crippen molar-refractivity contribution in [3.63, 3.8) is 0 Å². The molecule has 0 N–H and O–H groups in total. The van der Waals surface area contributed by atoms with E-state index in [1.165, 1.54) is 29.7 Å². The predicted molar refractivity (Wildman–Crippen MR) is 117 cm³/mol. The summed E-state index contributed by atoms with van der Waals surface area (Å²) in [5.41, 5.74) is 1.35. The molecule has 2 aliphatic heterocycles. The maximum atomic E-state index is 13.0. The minimum Gasteiger partial charge on any atom is -0.490 e. The minimum absolute atomic E-state index is 0.0353. The van der Waals surface area contributed by atoms with Crippen LogP contribution in [0.1, 0.15) is 39.3 Å². The van der Waals surface area contributed by atoms with Crippen LogP contribution in [-0.2, 0) is 19.1 Å². The van der Waals surface area contributed by atoms with Gasteiger partial charge < -0.3 is 14.2 Å². The first-order valence-corrected chi connectivity index (χ1v) is 10.7. The molecule has 2 aliphatic rings. The van der Waals surface area contributed by atoms with Gasteiger partial charge in [0.1, 0.15) is 6.61 Å². The Labute approximate surface area is 184 Å². The number of ether oxygens (including phenoxy) is 3. The van der Waals surface area contributed by atoms with Crippen molar-refractivity contribution in [3.8, 4) is 11.5 Å². The van der Waals surface area contributed by atoms with Gasteiger partial charge in [0.2, 0.25) is 5.91 Å². The highest BCUT2D eigenvalue weighted by atomic mass is 32.2. The number of rotatable bonds is 7. The zero-order valence-electron chi connectivity index (χ0n) is 17.8. The largest absolute Gasteiger partial charge is 0.490 e. The molecule has 2 heterocycles. The van der Waals surface area contributed by atoms with Crippen LogP contribution in [0.3, 0.4) is 0 Å². The van der Waals surface area contributed by atoms with E-state index in [0.29, 0.717) is 28.8 Å². The van der Waals surface area contributed by atoms with Gasteiger partial charge in [-0.05, 0) is 38.5 Å². The number of allylic oxidation sites excluding steroid dienone is 1. The quantitative estimate of drug-likeness (QED) is 0.361. The van der Waals surface area contributed by atoms with Crippen molar-refractivity contribution in [2.75, 3.05) is 13.2 Å². The van der Waals surface area contributed by atoms with Crippen LogP contribution in [0.5, 0.6) is 11.5 Å². The van der Waals surface area contributed by atoms with Crippen molar-refractivity contribution in [3.05, 3.63) is 47.7 Å². The van der Waals surface area contributed by atoms with E-state index in [1.807, 2.05) is 0 Å². The lowest BCUT2D eigenvalue weighted by Crippen LogP contribution is -2.40. The summed E-state index contributed by atoms with van der Waals surface area (Å²) in [5, 5.41) is 0.201. The molecule has 3 rings (SSSR count). The second-order valence-corrected chi connectivity index (χ2v) is 8.19. The number of fused-ring (bicyclic) bond motifs is 1. The molecule has 0 saturated carbocycles. The monoisotopic (exact) mass is 444 g/mol. The van der Waals surface area contributed by atoms with E-state index >= 15 is 0 Å². The summed E-state index contributed by atoms with van der Waals surface area (Å²) in [5.74, 6) is -0.620. The first-order valence-electron chi connectivity index (χ1n) is 9.80. The van der Waals surface area contributed by atoms with Crippen LogP contribution in [0.25, 0.3) is 0 Å². The van der Waals surface area contributed by atoms with Crippen molar-refractivity contribution in [2.45, 2.75) is 39.0 Å². The number of hydrogen-bond donors (Lipinski definition) is 0. The van der Waals surface area contributed by atoms with Crippen molar-refractivity contribution >= 4 is 34.8 Å². The van der Waals surface area contributed by atoms with Gasteiger partial charge in [-0.3, -0.25) is 14.5 Å². The molecule has 9 heteroatoms. The number of aliphatic imine (C=N–C) groups is 1. The van der Waals surface area contributed by atoms with Gasteiger partial charge in [-0.2, -0.15) is 0 Å². The summed E-state index contributed by atoms with van der Waals surface area (Å²) in [7, 11) is 0. The first kappa shape index (κ1) is 22.6. The molecule has 2 unspecified atom stereocenters. The third kappa shape index (κ3) is 4.51. The molecule has 0 aliphatic carbocycles. The molecule has 2 atom stereocenters. The molecule has 1 saturated heterocycles. The van der Waals surface area contributed by atoms with Crippen LogP contribution < -0.4 is 9.47 Å². The van der Waals surface area contributed by atoms with Gasteiger partial charge in [0.05, 0.1) is 29.2 Å². The average Bonchev–Trinajstić information content (AvgIpc) is 2.99. The summed E-state index contributed by atoms with van der Waals surface area (Å²) in [6.45, 7) is 10.6. The number of carbonyl (C=O) groups is 3. The highest BCUT2D eigenvalue weighted by Gasteiger charge is 2.46. The average molecular weight is 445 g/mol. The Balaban J connectivity index is 2.13. The Kier molecular flexibility index (Phi) is 6.84. The number of esters is 2. The van der Waals surface area contributed by atoms with E-state index in [2.05, 4.69) is 11.6 Å². The molecule has 0 bridgehead atoms. The number of amidine groups is 1. The van der Waals surface area contributed by atoms with Crippen LogP contribution in [-0.4, -0.2) is 46.4 Å². The second-order valence-electron chi connectivity index (χ2n) is 6.88. The molecule has 1 amide bonds. The zero-order chi connectivity index (χ0) is 22.7. The van der Waals surface area contributed by atoms with Gasteiger partial charge >= 0.3 is 11.9 Å². The Hall–Kier alpha value is -3.07. The summed E-state index contributed by atoms with van der Waals surface area (Å²) in [6.07, 6.45) is 1.47. The van der Waals surface area contributed by atoms with Crippen LogP contribution in [0.2, 0.25) is 0 Å². The van der Waals surface area contributed by atoms with Crippen molar-refractivity contribution in [2.24, 2.45) is 4.99 Å². The maximum absolute atomic E-state index is 13.0. The molecule has 1 fully saturated rings. The Morgan fingerprint density at radius 3 is 2.71 bits per heavy atom. The fourth-order valence-corrected chi connectivity index (χ4v) is 4.42. The summed E-state index contributed by atoms with van der Waals surface area (Å²) < 4.78 is 16.2. The van der Waals surface area contributed by atoms with Gasteiger partial charge in [0.15, 0.2) is 16.7 Å². The van der Waals surface area contributed by atoms with E-state index < -0.39 is 18.0 Å². The lowest BCUT2D eigenvalue weighted by Gasteiger charge is -2.33. The molecule has 0 radical (unpaired) electrons. The fraction of sp³-hybridized carbons (Fsp3) is 0.364. The lowest BCUT2D eigenvalue weighted by molar-refractivity contribution is -0.139. The number of nitrogens with zero attached hydrogens (tertiary/aromatic N) is 2. The molecular formula is C22H24N2O6S. The Morgan fingerprint density at radius 1 is 1.32 bits per heavy atom. The molecule has 0 aromatic heterocycles. The SMILES string of the molecule is C=CCOC(=O)C1=C(C)N=C2SC(C)C(=O)N2C1c1ccc(OC(C)=O)c(OCC)c1. The van der Waals surface area contributed by atoms with Gasteiger partial charge in [0, 0.05) is 6.92 Å². The molecule has 1 aromatic rings. The number of thioether (sulfide) groups is 1. The number of amides is 1. The van der Waals surface area contributed by atoms with Crippen LogP contribution >= 0.6 is 11.8 Å². The number of benzene rings is 1. The molecule has 164 valence electrons. The van der Waals surface area contributed by atoms with Crippen LogP contribution in [0.15, 0.2) is 47.1 Å². The number of hydrogen-bond acceptors (Lipinski definition) is 8. The highest BCUT2D eigenvalue weighted by Crippen LogP contribution is 2.44. The van der Waals surface area contributed by atoms with Crippen molar-refractivity contribution in [1.82, 2.24) is 4.90 Å². The molecule has 1 aromatic carbocycles. The van der Waals surface area contributed by atoms with Gasteiger partial charge in [-0.25, -0.2) is 9.79 Å². The van der Waals surface area contributed by atoms with E-state index in [-0.39, 0.29) is 29.1 Å². The topological polar surface area (TPSA) is 94.5 Å². The van der Waals surface area contributed by atoms with E-state index in [4.69, 9.17) is 14.2 Å². The molecule has 0 spiro atoms. The van der Waals surface area contributed by atoms with E-state index in [1.54, 1.807) is 39.0 Å². The van der Waals surface area contributed by atoms with Crippen molar-refractivity contribution in [1.29, 1.82) is 0 Å². The Bertz CT molecular complexity index is 1000. The number of carbonyl (C=O) groups excluding carboxylic acids is 3. The van der Waals surface area contributed by atoms with Crippen LogP contribution in [0, 0.1) is 0 Å². The summed E-state index contributed by atoms with van der Waals surface area (Å²) in [6, 6.07) is 4.21. The van der Waals surface area contributed by atoms with Gasteiger partial charge in [-0.1, -0.05) is 30.5 Å². The molecular weight excluding hydrogens is 420 g/mol. The zero-order valence-corrected chi connectivity index (χ0v) is 18.7. The predicted octanol–water partition coefficient (Wildman–Crippen LogP) is 3.39. The second kappa shape index (κ2) is 9.38. The van der Waals surface area contributed by atoms with Crippen LogP contribution in [0.4, 0.5) is 0 Å². The Morgan fingerprint density at radius 2 is 2.06 bits per heavy atom. The van der Waals surface area contributed by atoms with Gasteiger partial charge in [-0.15, -0.1) is 0 Å². The van der Waals surface area contributed by atoms with Gasteiger partial charge in [0.25, 0.3) is 0 Å². The van der Waals surface area contributed by atoms with Crippen molar-refractivity contribution < 1.29 is 28.6 Å². The first-order chi connectivity index (χ1) is 14.8.